The predicted octanol–water partition coefficient (Wildman–Crippen LogP) is 4.02. The maximum absolute atomic E-state index is 12.3. The van der Waals surface area contributed by atoms with Crippen LogP contribution in [0, 0.1) is 0 Å². The van der Waals surface area contributed by atoms with Crippen molar-refractivity contribution in [2.45, 2.75) is 9.96 Å². The van der Waals surface area contributed by atoms with Gasteiger partial charge in [-0.25, -0.2) is 4.79 Å². The number of thiocarbonyl (C=S) groups is 1. The van der Waals surface area contributed by atoms with Crippen molar-refractivity contribution < 1.29 is 9.53 Å². The summed E-state index contributed by atoms with van der Waals surface area (Å²) >= 11 is 35.1. The van der Waals surface area contributed by atoms with Gasteiger partial charge in [0.2, 0.25) is 3.79 Å². The average molecular weight is 481 g/mol. The Bertz CT molecular complexity index is 667. The first-order valence-corrected chi connectivity index (χ1v) is 9.69. The van der Waals surface area contributed by atoms with Gasteiger partial charge in [0.05, 0.1) is 23.9 Å². The zero-order chi connectivity index (χ0) is 19.3. The number of anilines is 1. The molecular formula is C14H15Cl5N4O2S. The molecule has 1 atom stereocenters. The lowest BCUT2D eigenvalue weighted by atomic mass is 10.3. The maximum atomic E-state index is 12.3. The summed E-state index contributed by atoms with van der Waals surface area (Å²) in [4.78, 5) is 13.9. The Morgan fingerprint density at radius 2 is 1.85 bits per heavy atom. The summed E-state index contributed by atoms with van der Waals surface area (Å²) in [6.07, 6.45) is -1.08. The van der Waals surface area contributed by atoms with E-state index in [0.29, 0.717) is 42.0 Å². The van der Waals surface area contributed by atoms with Crippen LogP contribution >= 0.6 is 70.2 Å². The van der Waals surface area contributed by atoms with Gasteiger partial charge in [0.25, 0.3) is 0 Å². The number of rotatable bonds is 3. The molecule has 2 rings (SSSR count). The van der Waals surface area contributed by atoms with E-state index >= 15 is 0 Å². The molecular weight excluding hydrogens is 466 g/mol. The average Bonchev–Trinajstić information content (AvgIpc) is 2.57. The molecule has 1 aliphatic heterocycles. The maximum Gasteiger partial charge on any atom is 0.319 e. The third kappa shape index (κ3) is 6.64. The lowest BCUT2D eigenvalue weighted by molar-refractivity contribution is 0.0524. The Morgan fingerprint density at radius 3 is 2.46 bits per heavy atom. The van der Waals surface area contributed by atoms with Gasteiger partial charge < -0.3 is 25.6 Å². The number of ether oxygens (including phenoxy) is 1. The standard InChI is InChI=1S/C14H15Cl5N4O2S/c15-8-1-2-9(16)10(7-8)20-12(26)21-11(14(17,18)19)22-13(24)23-3-5-25-6-4-23/h1-2,7,11H,3-6H2,(H,22,24)(H2,20,21,26). The van der Waals surface area contributed by atoms with E-state index in [4.69, 9.17) is 75.0 Å². The number of nitrogens with one attached hydrogen (secondary N) is 3. The van der Waals surface area contributed by atoms with Crippen molar-refractivity contribution >= 4 is 87.1 Å². The molecule has 0 aromatic heterocycles. The van der Waals surface area contributed by atoms with Crippen molar-refractivity contribution in [1.82, 2.24) is 15.5 Å². The summed E-state index contributed by atoms with van der Waals surface area (Å²) in [6.45, 7) is 1.79. The Hall–Kier alpha value is -0.410. The molecule has 2 amide bonds. The van der Waals surface area contributed by atoms with Crippen LogP contribution < -0.4 is 16.0 Å². The predicted molar refractivity (Wildman–Crippen MR) is 111 cm³/mol. The summed E-state index contributed by atoms with van der Waals surface area (Å²) in [5, 5.41) is 9.18. The molecule has 1 unspecified atom stereocenters. The quantitative estimate of drug-likeness (QED) is 0.347. The third-order valence-corrected chi connectivity index (χ3v) is 4.78. The van der Waals surface area contributed by atoms with Crippen molar-refractivity contribution in [1.29, 1.82) is 0 Å². The summed E-state index contributed by atoms with van der Waals surface area (Å²) < 4.78 is 3.35. The van der Waals surface area contributed by atoms with Crippen LogP contribution in [0.25, 0.3) is 0 Å². The molecule has 0 radical (unpaired) electrons. The minimum atomic E-state index is -1.86. The molecule has 1 heterocycles. The van der Waals surface area contributed by atoms with Crippen LogP contribution in [-0.4, -0.2) is 52.3 Å². The first-order chi connectivity index (χ1) is 12.2. The number of carbonyl (C=O) groups is 1. The van der Waals surface area contributed by atoms with E-state index in [1.165, 1.54) is 0 Å². The number of halogens is 5. The van der Waals surface area contributed by atoms with Crippen LogP contribution in [0.1, 0.15) is 0 Å². The minimum absolute atomic E-state index is 0.0905. The van der Waals surface area contributed by atoms with Crippen LogP contribution in [0.3, 0.4) is 0 Å². The van der Waals surface area contributed by atoms with Crippen LogP contribution in [0.2, 0.25) is 10.0 Å². The van der Waals surface area contributed by atoms with Crippen LogP contribution in [0.4, 0.5) is 10.5 Å². The Morgan fingerprint density at radius 1 is 1.19 bits per heavy atom. The fourth-order valence-electron chi connectivity index (χ4n) is 2.06. The highest BCUT2D eigenvalue weighted by Gasteiger charge is 2.36. The van der Waals surface area contributed by atoms with Crippen LogP contribution in [0.15, 0.2) is 18.2 Å². The molecule has 0 bridgehead atoms. The zero-order valence-electron chi connectivity index (χ0n) is 13.2. The number of hydrogen-bond donors (Lipinski definition) is 3. The number of urea groups is 1. The molecule has 1 saturated heterocycles. The summed E-state index contributed by atoms with van der Waals surface area (Å²) in [7, 11) is 0. The second-order valence-corrected chi connectivity index (χ2v) is 8.87. The number of alkyl halides is 3. The summed E-state index contributed by atoms with van der Waals surface area (Å²) in [6, 6.07) is 4.44. The first-order valence-electron chi connectivity index (χ1n) is 7.39. The van der Waals surface area contributed by atoms with Gasteiger partial charge >= 0.3 is 6.03 Å². The van der Waals surface area contributed by atoms with E-state index in [1.54, 1.807) is 23.1 Å². The molecule has 6 nitrogen and oxygen atoms in total. The highest BCUT2D eigenvalue weighted by molar-refractivity contribution is 7.80. The molecule has 12 heteroatoms. The van der Waals surface area contributed by atoms with Crippen molar-refractivity contribution in [3.05, 3.63) is 28.2 Å². The monoisotopic (exact) mass is 478 g/mol. The molecule has 1 fully saturated rings. The number of morpholine rings is 1. The SMILES string of the molecule is O=C(NC(NC(=S)Nc1cc(Cl)ccc1Cl)C(Cl)(Cl)Cl)N1CCOCC1. The molecule has 1 aromatic carbocycles. The lowest BCUT2D eigenvalue weighted by Crippen LogP contribution is -2.59. The number of benzene rings is 1. The highest BCUT2D eigenvalue weighted by Crippen LogP contribution is 2.30. The van der Waals surface area contributed by atoms with Gasteiger partial charge in [0, 0.05) is 18.1 Å². The molecule has 1 aromatic rings. The van der Waals surface area contributed by atoms with E-state index < -0.39 is 16.0 Å². The van der Waals surface area contributed by atoms with Crippen molar-refractivity contribution in [3.8, 4) is 0 Å². The van der Waals surface area contributed by atoms with E-state index in [2.05, 4.69) is 16.0 Å². The number of nitrogens with zero attached hydrogens (tertiary/aromatic N) is 1. The van der Waals surface area contributed by atoms with Gasteiger partial charge in [-0.3, -0.25) is 0 Å². The largest absolute Gasteiger partial charge is 0.378 e. The smallest absolute Gasteiger partial charge is 0.319 e. The van der Waals surface area contributed by atoms with Crippen molar-refractivity contribution in [2.75, 3.05) is 31.6 Å². The van der Waals surface area contributed by atoms with E-state index in [0.717, 1.165) is 0 Å². The fraction of sp³-hybridized carbons (Fsp3) is 0.429. The molecule has 0 aliphatic carbocycles. The van der Waals surface area contributed by atoms with E-state index in [9.17, 15) is 4.79 Å². The van der Waals surface area contributed by atoms with Crippen LogP contribution in [0.5, 0.6) is 0 Å². The zero-order valence-corrected chi connectivity index (χ0v) is 17.8. The summed E-state index contributed by atoms with van der Waals surface area (Å²) in [5.74, 6) is 0. The number of amides is 2. The highest BCUT2D eigenvalue weighted by atomic mass is 35.6. The van der Waals surface area contributed by atoms with Crippen LogP contribution in [-0.2, 0) is 4.74 Å². The normalized spacial score (nSPS) is 16.0. The molecule has 26 heavy (non-hydrogen) atoms. The van der Waals surface area contributed by atoms with Gasteiger partial charge in [-0.15, -0.1) is 0 Å². The topological polar surface area (TPSA) is 65.6 Å². The van der Waals surface area contributed by atoms with E-state index in [1.807, 2.05) is 0 Å². The van der Waals surface area contributed by atoms with Gasteiger partial charge in [-0.1, -0.05) is 58.0 Å². The van der Waals surface area contributed by atoms with E-state index in [-0.39, 0.29) is 5.11 Å². The first kappa shape index (κ1) is 21.9. The van der Waals surface area contributed by atoms with Gasteiger partial charge in [0.1, 0.15) is 0 Å². The molecule has 0 saturated carbocycles. The molecule has 0 spiro atoms. The van der Waals surface area contributed by atoms with Gasteiger partial charge in [-0.05, 0) is 30.4 Å². The lowest BCUT2D eigenvalue weighted by Gasteiger charge is -2.32. The van der Waals surface area contributed by atoms with Gasteiger partial charge in [-0.2, -0.15) is 0 Å². The Labute approximate surface area is 181 Å². The Kier molecular flexibility index (Phi) is 8.15. The molecule has 3 N–H and O–H groups in total. The van der Waals surface area contributed by atoms with Gasteiger partial charge in [0.15, 0.2) is 11.3 Å². The minimum Gasteiger partial charge on any atom is -0.378 e. The third-order valence-electron chi connectivity index (χ3n) is 3.35. The van der Waals surface area contributed by atoms with Crippen molar-refractivity contribution in [2.24, 2.45) is 0 Å². The molecule has 144 valence electrons. The van der Waals surface area contributed by atoms with Crippen molar-refractivity contribution in [3.63, 3.8) is 0 Å². The number of carbonyl (C=O) groups excluding carboxylic acids is 1. The second-order valence-electron chi connectivity index (χ2n) is 5.25. The summed E-state index contributed by atoms with van der Waals surface area (Å²) in [5.41, 5.74) is 0.472. The fourth-order valence-corrected chi connectivity index (χ4v) is 2.96. The number of hydrogen-bond acceptors (Lipinski definition) is 3. The Balaban J connectivity index is 2.01. The molecule has 1 aliphatic rings. The second kappa shape index (κ2) is 9.68.